The van der Waals surface area contributed by atoms with Gasteiger partial charge in [0.15, 0.2) is 0 Å². The minimum atomic E-state index is -0.865. The lowest BCUT2D eigenvalue weighted by Gasteiger charge is -2.28. The molecule has 0 saturated carbocycles. The van der Waals surface area contributed by atoms with Crippen LogP contribution in [-0.4, -0.2) is 24.2 Å². The normalized spacial score (nSPS) is 15.9. The van der Waals surface area contributed by atoms with E-state index in [9.17, 15) is 4.79 Å². The lowest BCUT2D eigenvalue weighted by Crippen LogP contribution is -2.29. The number of hydrogen-bond acceptors (Lipinski definition) is 3. The van der Waals surface area contributed by atoms with Crippen LogP contribution >= 0.6 is 0 Å². The maximum atomic E-state index is 10.7. The highest BCUT2D eigenvalue weighted by Gasteiger charge is 2.13. The summed E-state index contributed by atoms with van der Waals surface area (Å²) in [5.41, 5.74) is 1.95. The highest BCUT2D eigenvalue weighted by atomic mass is 16.4. The van der Waals surface area contributed by atoms with E-state index in [1.165, 1.54) is 24.9 Å². The standard InChI is InChI=1S/C15H17NO3/c17-15(18)10-13-8-11-4-5-12(9-14(11)19-13)16-6-2-1-3-7-16/h4-5,8-9H,1-3,6-7,10H2,(H,17,18). The maximum absolute atomic E-state index is 10.7. The quantitative estimate of drug-likeness (QED) is 0.920. The molecule has 2 aromatic rings. The topological polar surface area (TPSA) is 53.7 Å². The van der Waals surface area contributed by atoms with Crippen LogP contribution in [0, 0.1) is 0 Å². The molecule has 0 aliphatic carbocycles. The molecular weight excluding hydrogens is 242 g/mol. The molecule has 1 aliphatic heterocycles. The van der Waals surface area contributed by atoms with E-state index >= 15 is 0 Å². The summed E-state index contributed by atoms with van der Waals surface area (Å²) in [5.74, 6) is -0.353. The number of furan rings is 1. The van der Waals surface area contributed by atoms with Gasteiger partial charge < -0.3 is 14.4 Å². The zero-order chi connectivity index (χ0) is 13.2. The van der Waals surface area contributed by atoms with Gasteiger partial charge in [0.05, 0.1) is 0 Å². The number of carboxylic acids is 1. The van der Waals surface area contributed by atoms with Gasteiger partial charge in [-0.25, -0.2) is 0 Å². The van der Waals surface area contributed by atoms with Crippen molar-refractivity contribution in [3.8, 4) is 0 Å². The number of fused-ring (bicyclic) bond motifs is 1. The smallest absolute Gasteiger partial charge is 0.311 e. The van der Waals surface area contributed by atoms with E-state index in [-0.39, 0.29) is 6.42 Å². The zero-order valence-electron chi connectivity index (χ0n) is 10.8. The van der Waals surface area contributed by atoms with Gasteiger partial charge in [0, 0.05) is 30.2 Å². The Kier molecular flexibility index (Phi) is 3.15. The van der Waals surface area contributed by atoms with Crippen molar-refractivity contribution in [1.29, 1.82) is 0 Å². The molecule has 1 N–H and O–H groups in total. The van der Waals surface area contributed by atoms with Gasteiger partial charge in [-0.2, -0.15) is 0 Å². The van der Waals surface area contributed by atoms with Crippen LogP contribution in [0.2, 0.25) is 0 Å². The third-order valence-electron chi connectivity index (χ3n) is 3.60. The number of carbonyl (C=O) groups is 1. The number of piperidine rings is 1. The fourth-order valence-corrected chi connectivity index (χ4v) is 2.66. The first-order valence-corrected chi connectivity index (χ1v) is 6.71. The van der Waals surface area contributed by atoms with Crippen LogP contribution in [0.3, 0.4) is 0 Å². The summed E-state index contributed by atoms with van der Waals surface area (Å²) in [5, 5.41) is 9.75. The predicted molar refractivity (Wildman–Crippen MR) is 73.6 cm³/mol. The summed E-state index contributed by atoms with van der Waals surface area (Å²) < 4.78 is 5.60. The molecule has 1 aromatic carbocycles. The van der Waals surface area contributed by atoms with Gasteiger partial charge in [0.1, 0.15) is 17.8 Å². The van der Waals surface area contributed by atoms with Crippen molar-refractivity contribution in [2.45, 2.75) is 25.7 Å². The second kappa shape index (κ2) is 4.96. The van der Waals surface area contributed by atoms with Gasteiger partial charge in [0.25, 0.3) is 0 Å². The van der Waals surface area contributed by atoms with Crippen LogP contribution < -0.4 is 4.90 Å². The van der Waals surface area contributed by atoms with E-state index < -0.39 is 5.97 Å². The minimum Gasteiger partial charge on any atom is -0.481 e. The molecule has 19 heavy (non-hydrogen) atoms. The molecule has 1 aromatic heterocycles. The summed E-state index contributed by atoms with van der Waals surface area (Å²) in [6.07, 6.45) is 3.72. The largest absolute Gasteiger partial charge is 0.481 e. The molecule has 3 rings (SSSR count). The fraction of sp³-hybridized carbons (Fsp3) is 0.400. The Balaban J connectivity index is 1.89. The van der Waals surface area contributed by atoms with E-state index in [2.05, 4.69) is 11.0 Å². The Bertz CT molecular complexity index is 596. The van der Waals surface area contributed by atoms with Gasteiger partial charge in [-0.15, -0.1) is 0 Å². The van der Waals surface area contributed by atoms with Crippen molar-refractivity contribution in [3.05, 3.63) is 30.0 Å². The van der Waals surface area contributed by atoms with Crippen molar-refractivity contribution < 1.29 is 14.3 Å². The number of carboxylic acid groups (broad SMARTS) is 1. The minimum absolute atomic E-state index is 0.0618. The highest BCUT2D eigenvalue weighted by molar-refractivity contribution is 5.83. The van der Waals surface area contributed by atoms with Gasteiger partial charge in [0.2, 0.25) is 0 Å². The lowest BCUT2D eigenvalue weighted by molar-refractivity contribution is -0.136. The van der Waals surface area contributed by atoms with Crippen molar-refractivity contribution in [1.82, 2.24) is 0 Å². The number of hydrogen-bond donors (Lipinski definition) is 1. The Morgan fingerprint density at radius 1 is 1.21 bits per heavy atom. The molecule has 0 amide bonds. The molecule has 100 valence electrons. The molecule has 1 aliphatic rings. The average Bonchev–Trinajstić information content (AvgIpc) is 2.79. The predicted octanol–water partition coefficient (Wildman–Crippen LogP) is 3.05. The Morgan fingerprint density at radius 2 is 2.00 bits per heavy atom. The second-order valence-corrected chi connectivity index (χ2v) is 5.05. The van der Waals surface area contributed by atoms with Crippen LogP contribution in [0.15, 0.2) is 28.7 Å². The summed E-state index contributed by atoms with van der Waals surface area (Å²) in [6.45, 7) is 2.18. The summed E-state index contributed by atoms with van der Waals surface area (Å²) in [7, 11) is 0. The maximum Gasteiger partial charge on any atom is 0.311 e. The van der Waals surface area contributed by atoms with E-state index in [0.29, 0.717) is 5.76 Å². The van der Waals surface area contributed by atoms with Crippen LogP contribution in [0.5, 0.6) is 0 Å². The summed E-state index contributed by atoms with van der Waals surface area (Å²) >= 11 is 0. The van der Waals surface area contributed by atoms with Gasteiger partial charge in [-0.3, -0.25) is 4.79 Å². The first-order chi connectivity index (χ1) is 9.22. The van der Waals surface area contributed by atoms with Crippen molar-refractivity contribution in [2.75, 3.05) is 18.0 Å². The monoisotopic (exact) mass is 259 g/mol. The summed E-state index contributed by atoms with van der Waals surface area (Å²) in [6, 6.07) is 7.93. The summed E-state index contributed by atoms with van der Waals surface area (Å²) in [4.78, 5) is 13.1. The highest BCUT2D eigenvalue weighted by Crippen LogP contribution is 2.27. The number of benzene rings is 1. The molecule has 2 heterocycles. The molecular formula is C15H17NO3. The Labute approximate surface area is 111 Å². The molecule has 4 nitrogen and oxygen atoms in total. The molecule has 1 fully saturated rings. The first-order valence-electron chi connectivity index (χ1n) is 6.71. The van der Waals surface area contributed by atoms with Crippen LogP contribution in [-0.2, 0) is 11.2 Å². The van der Waals surface area contributed by atoms with Crippen molar-refractivity contribution >= 4 is 22.6 Å². The molecule has 0 radical (unpaired) electrons. The fourth-order valence-electron chi connectivity index (χ4n) is 2.66. The van der Waals surface area contributed by atoms with E-state index in [1.54, 1.807) is 0 Å². The molecule has 0 bridgehead atoms. The van der Waals surface area contributed by atoms with E-state index in [0.717, 1.165) is 24.1 Å². The number of rotatable bonds is 3. The van der Waals surface area contributed by atoms with Gasteiger partial charge in [-0.05, 0) is 37.5 Å². The second-order valence-electron chi connectivity index (χ2n) is 5.05. The molecule has 0 atom stereocenters. The Hall–Kier alpha value is -1.97. The zero-order valence-corrected chi connectivity index (χ0v) is 10.8. The average molecular weight is 259 g/mol. The van der Waals surface area contributed by atoms with Crippen LogP contribution in [0.25, 0.3) is 11.0 Å². The molecule has 0 unspecified atom stereocenters. The van der Waals surface area contributed by atoms with Crippen LogP contribution in [0.1, 0.15) is 25.0 Å². The molecule has 0 spiro atoms. The molecule has 1 saturated heterocycles. The Morgan fingerprint density at radius 3 is 2.74 bits per heavy atom. The van der Waals surface area contributed by atoms with Crippen LogP contribution in [0.4, 0.5) is 5.69 Å². The number of nitrogens with zero attached hydrogens (tertiary/aromatic N) is 1. The SMILES string of the molecule is O=C(O)Cc1cc2ccc(N3CCCCC3)cc2o1. The molecule has 4 heteroatoms. The number of anilines is 1. The lowest BCUT2D eigenvalue weighted by atomic mass is 10.1. The third-order valence-corrected chi connectivity index (χ3v) is 3.60. The number of aliphatic carboxylic acids is 1. The van der Waals surface area contributed by atoms with Crippen molar-refractivity contribution in [3.63, 3.8) is 0 Å². The van der Waals surface area contributed by atoms with E-state index in [4.69, 9.17) is 9.52 Å². The first kappa shape index (κ1) is 12.1. The van der Waals surface area contributed by atoms with E-state index in [1.807, 2.05) is 18.2 Å². The third kappa shape index (κ3) is 2.57. The van der Waals surface area contributed by atoms with Gasteiger partial charge in [-0.1, -0.05) is 0 Å². The van der Waals surface area contributed by atoms with Gasteiger partial charge >= 0.3 is 5.97 Å². The van der Waals surface area contributed by atoms with Crippen molar-refractivity contribution in [2.24, 2.45) is 0 Å².